The van der Waals surface area contributed by atoms with Gasteiger partial charge in [-0.15, -0.1) is 0 Å². The van der Waals surface area contributed by atoms with Gasteiger partial charge < -0.3 is 20.9 Å². The van der Waals surface area contributed by atoms with E-state index >= 15 is 0 Å². The average Bonchev–Trinajstić information content (AvgIpc) is 2.68. The molecular formula is C20H33N5O. The van der Waals surface area contributed by atoms with Gasteiger partial charge in [0, 0.05) is 32.2 Å². The van der Waals surface area contributed by atoms with Gasteiger partial charge in [0.15, 0.2) is 5.96 Å². The third-order valence-corrected chi connectivity index (χ3v) is 4.78. The Morgan fingerprint density at radius 2 is 1.73 bits per heavy atom. The van der Waals surface area contributed by atoms with Crippen molar-refractivity contribution in [3.8, 4) is 0 Å². The molecule has 0 atom stereocenters. The zero-order valence-electron chi connectivity index (χ0n) is 16.1. The number of benzene rings is 1. The Morgan fingerprint density at radius 3 is 2.42 bits per heavy atom. The van der Waals surface area contributed by atoms with Gasteiger partial charge in [0.1, 0.15) is 0 Å². The van der Waals surface area contributed by atoms with E-state index < -0.39 is 0 Å². The quantitative estimate of drug-likeness (QED) is 0.375. The molecular weight excluding hydrogens is 326 g/mol. The number of rotatable bonds is 8. The van der Waals surface area contributed by atoms with E-state index in [0.29, 0.717) is 18.7 Å². The SMILES string of the molecule is CN=C(NCCCN1CCC(C)CC1)NCCNC(=O)c1ccccc1. The fraction of sp³-hybridized carbons (Fsp3) is 0.600. The Labute approximate surface area is 157 Å². The lowest BCUT2D eigenvalue weighted by molar-refractivity contribution is 0.0954. The molecule has 0 bridgehead atoms. The van der Waals surface area contributed by atoms with Crippen LogP contribution in [-0.2, 0) is 0 Å². The topological polar surface area (TPSA) is 68.8 Å². The number of hydrogen-bond acceptors (Lipinski definition) is 3. The van der Waals surface area contributed by atoms with Gasteiger partial charge in [-0.05, 0) is 56.9 Å². The van der Waals surface area contributed by atoms with E-state index in [1.165, 1.54) is 25.9 Å². The summed E-state index contributed by atoms with van der Waals surface area (Å²) < 4.78 is 0. The first kappa shape index (κ1) is 20.2. The first-order valence-corrected chi connectivity index (χ1v) is 9.69. The second-order valence-electron chi connectivity index (χ2n) is 6.93. The third kappa shape index (κ3) is 7.44. The molecule has 0 unspecified atom stereocenters. The molecule has 0 radical (unpaired) electrons. The van der Waals surface area contributed by atoms with Crippen LogP contribution in [0, 0.1) is 5.92 Å². The van der Waals surface area contributed by atoms with E-state index in [2.05, 4.69) is 32.8 Å². The number of carbonyl (C=O) groups is 1. The van der Waals surface area contributed by atoms with E-state index in [-0.39, 0.29) is 5.91 Å². The van der Waals surface area contributed by atoms with Crippen LogP contribution in [0.5, 0.6) is 0 Å². The highest BCUT2D eigenvalue weighted by Gasteiger charge is 2.14. The number of aliphatic imine (C=N–C) groups is 1. The normalized spacial score (nSPS) is 16.3. The molecule has 1 aliphatic rings. The molecule has 6 nitrogen and oxygen atoms in total. The summed E-state index contributed by atoms with van der Waals surface area (Å²) in [6, 6.07) is 9.26. The molecule has 3 N–H and O–H groups in total. The molecule has 1 saturated heterocycles. The first-order valence-electron chi connectivity index (χ1n) is 9.69. The van der Waals surface area contributed by atoms with Gasteiger partial charge in [-0.1, -0.05) is 25.1 Å². The van der Waals surface area contributed by atoms with E-state index in [1.807, 2.05) is 30.3 Å². The zero-order valence-corrected chi connectivity index (χ0v) is 16.1. The van der Waals surface area contributed by atoms with Crippen molar-refractivity contribution in [3.63, 3.8) is 0 Å². The number of piperidine rings is 1. The summed E-state index contributed by atoms with van der Waals surface area (Å²) in [6.07, 6.45) is 3.76. The summed E-state index contributed by atoms with van der Waals surface area (Å²) >= 11 is 0. The molecule has 1 aromatic carbocycles. The number of hydrogen-bond donors (Lipinski definition) is 3. The van der Waals surface area contributed by atoms with Crippen LogP contribution >= 0.6 is 0 Å². The summed E-state index contributed by atoms with van der Waals surface area (Å²) in [5, 5.41) is 9.47. The van der Waals surface area contributed by atoms with Crippen molar-refractivity contribution >= 4 is 11.9 Å². The number of carbonyl (C=O) groups excluding carboxylic acids is 1. The number of nitrogens with zero attached hydrogens (tertiary/aromatic N) is 2. The van der Waals surface area contributed by atoms with Gasteiger partial charge in [-0.25, -0.2) is 0 Å². The molecule has 0 aromatic heterocycles. The molecule has 144 valence electrons. The minimum absolute atomic E-state index is 0.0498. The minimum Gasteiger partial charge on any atom is -0.356 e. The second kappa shape index (κ2) is 11.5. The van der Waals surface area contributed by atoms with Crippen LogP contribution < -0.4 is 16.0 Å². The number of nitrogens with one attached hydrogen (secondary N) is 3. The standard InChI is InChI=1S/C20H33N5O/c1-17-9-15-25(16-10-17)14-6-11-23-20(21-2)24-13-12-22-19(26)18-7-4-3-5-8-18/h3-5,7-8,17H,6,9-16H2,1-2H3,(H,22,26)(H2,21,23,24). The molecule has 0 aliphatic carbocycles. The average molecular weight is 360 g/mol. The molecule has 1 heterocycles. The van der Waals surface area contributed by atoms with Gasteiger partial charge >= 0.3 is 0 Å². The van der Waals surface area contributed by atoms with E-state index in [4.69, 9.17) is 0 Å². The van der Waals surface area contributed by atoms with Crippen molar-refractivity contribution in [2.24, 2.45) is 10.9 Å². The van der Waals surface area contributed by atoms with E-state index in [0.717, 1.165) is 31.4 Å². The Bertz CT molecular complexity index is 553. The van der Waals surface area contributed by atoms with E-state index in [9.17, 15) is 4.79 Å². The van der Waals surface area contributed by atoms with Crippen molar-refractivity contribution in [2.45, 2.75) is 26.2 Å². The highest BCUT2D eigenvalue weighted by atomic mass is 16.1. The molecule has 6 heteroatoms. The number of amides is 1. The molecule has 0 saturated carbocycles. The Balaban J connectivity index is 1.53. The Hall–Kier alpha value is -2.08. The zero-order chi connectivity index (χ0) is 18.6. The highest BCUT2D eigenvalue weighted by molar-refractivity contribution is 5.94. The smallest absolute Gasteiger partial charge is 0.251 e. The summed E-state index contributed by atoms with van der Waals surface area (Å²) in [5.74, 6) is 1.62. The second-order valence-corrected chi connectivity index (χ2v) is 6.93. The largest absolute Gasteiger partial charge is 0.356 e. The minimum atomic E-state index is -0.0498. The van der Waals surface area contributed by atoms with Crippen LogP contribution in [0.4, 0.5) is 0 Å². The van der Waals surface area contributed by atoms with Crippen LogP contribution in [0.1, 0.15) is 36.5 Å². The van der Waals surface area contributed by atoms with Gasteiger partial charge in [-0.2, -0.15) is 0 Å². The summed E-state index contributed by atoms with van der Waals surface area (Å²) in [4.78, 5) is 18.7. The van der Waals surface area contributed by atoms with Crippen molar-refractivity contribution < 1.29 is 4.79 Å². The molecule has 0 spiro atoms. The van der Waals surface area contributed by atoms with Gasteiger partial charge in [0.25, 0.3) is 5.91 Å². The molecule has 1 amide bonds. The maximum Gasteiger partial charge on any atom is 0.251 e. The van der Waals surface area contributed by atoms with Crippen LogP contribution in [-0.4, -0.2) is 63.1 Å². The number of guanidine groups is 1. The maximum absolute atomic E-state index is 12.0. The summed E-state index contributed by atoms with van der Waals surface area (Å²) in [5.41, 5.74) is 0.683. The Kier molecular flexibility index (Phi) is 8.96. The fourth-order valence-corrected chi connectivity index (χ4v) is 3.06. The van der Waals surface area contributed by atoms with E-state index in [1.54, 1.807) is 7.05 Å². The lowest BCUT2D eigenvalue weighted by atomic mass is 9.99. The van der Waals surface area contributed by atoms with Crippen LogP contribution in [0.25, 0.3) is 0 Å². The monoisotopic (exact) mass is 359 g/mol. The lowest BCUT2D eigenvalue weighted by Crippen LogP contribution is -2.42. The van der Waals surface area contributed by atoms with Gasteiger partial charge in [0.05, 0.1) is 0 Å². The van der Waals surface area contributed by atoms with Crippen LogP contribution in [0.15, 0.2) is 35.3 Å². The van der Waals surface area contributed by atoms with Gasteiger partial charge in [0.2, 0.25) is 0 Å². The van der Waals surface area contributed by atoms with Crippen LogP contribution in [0.3, 0.4) is 0 Å². The van der Waals surface area contributed by atoms with Crippen molar-refractivity contribution in [1.82, 2.24) is 20.9 Å². The molecule has 1 fully saturated rings. The fourth-order valence-electron chi connectivity index (χ4n) is 3.06. The van der Waals surface area contributed by atoms with Crippen molar-refractivity contribution in [2.75, 3.05) is 46.3 Å². The first-order chi connectivity index (χ1) is 12.7. The lowest BCUT2D eigenvalue weighted by Gasteiger charge is -2.30. The molecule has 1 aliphatic heterocycles. The summed E-state index contributed by atoms with van der Waals surface area (Å²) in [6.45, 7) is 8.05. The predicted octanol–water partition coefficient (Wildman–Crippen LogP) is 1.70. The van der Waals surface area contributed by atoms with Crippen molar-refractivity contribution in [3.05, 3.63) is 35.9 Å². The number of likely N-dealkylation sites (tertiary alicyclic amines) is 1. The third-order valence-electron chi connectivity index (χ3n) is 4.78. The van der Waals surface area contributed by atoms with Crippen LogP contribution in [0.2, 0.25) is 0 Å². The Morgan fingerprint density at radius 1 is 1.08 bits per heavy atom. The highest BCUT2D eigenvalue weighted by Crippen LogP contribution is 2.15. The maximum atomic E-state index is 12.0. The van der Waals surface area contributed by atoms with Crippen molar-refractivity contribution in [1.29, 1.82) is 0 Å². The van der Waals surface area contributed by atoms with Gasteiger partial charge in [-0.3, -0.25) is 9.79 Å². The predicted molar refractivity (Wildman–Crippen MR) is 108 cm³/mol. The molecule has 2 rings (SSSR count). The summed E-state index contributed by atoms with van der Waals surface area (Å²) in [7, 11) is 1.77. The molecule has 26 heavy (non-hydrogen) atoms. The molecule has 1 aromatic rings.